The van der Waals surface area contributed by atoms with Crippen molar-refractivity contribution in [2.75, 3.05) is 5.73 Å². The molecule has 0 aliphatic heterocycles. The summed E-state index contributed by atoms with van der Waals surface area (Å²) in [5, 5.41) is 0.679. The highest BCUT2D eigenvalue weighted by Crippen LogP contribution is 2.32. The van der Waals surface area contributed by atoms with Crippen LogP contribution in [0.2, 0.25) is 5.02 Å². The molecule has 0 saturated heterocycles. The number of carbonyl (C=O) groups excluding carboxylic acids is 1. The fourth-order valence-electron chi connectivity index (χ4n) is 2.10. The Kier molecular flexibility index (Phi) is 4.00. The van der Waals surface area contributed by atoms with E-state index in [1.165, 1.54) is 6.92 Å². The first-order chi connectivity index (χ1) is 9.38. The van der Waals surface area contributed by atoms with Gasteiger partial charge in [-0.15, -0.1) is 0 Å². The topological polar surface area (TPSA) is 52.3 Å². The van der Waals surface area contributed by atoms with Gasteiger partial charge < -0.3 is 10.5 Å². The minimum absolute atomic E-state index is 0.0621. The van der Waals surface area contributed by atoms with Gasteiger partial charge in [-0.2, -0.15) is 0 Å². The van der Waals surface area contributed by atoms with E-state index < -0.39 is 0 Å². The number of hydrogen-bond donors (Lipinski definition) is 1. The van der Waals surface area contributed by atoms with Crippen molar-refractivity contribution in [3.8, 4) is 11.5 Å². The number of hydrogen-bond acceptors (Lipinski definition) is 3. The lowest BCUT2D eigenvalue weighted by Crippen LogP contribution is -2.00. The molecule has 2 aromatic carbocycles. The molecule has 0 heterocycles. The van der Waals surface area contributed by atoms with Crippen LogP contribution in [0, 0.1) is 13.8 Å². The number of ether oxygens (including phenoxy) is 1. The molecule has 4 heteroatoms. The standard InChI is InChI=1S/C16H16ClNO2/c1-9-6-12(17)7-10(2)16(9)20-13-4-5-14(11(3)19)15(18)8-13/h4-8H,18H2,1-3H3. The van der Waals surface area contributed by atoms with Crippen LogP contribution in [0.3, 0.4) is 0 Å². The van der Waals surface area contributed by atoms with Crippen LogP contribution in [0.1, 0.15) is 28.4 Å². The van der Waals surface area contributed by atoms with Crippen LogP contribution in [0.5, 0.6) is 11.5 Å². The third-order valence-electron chi connectivity index (χ3n) is 3.05. The molecular weight excluding hydrogens is 274 g/mol. The van der Waals surface area contributed by atoms with Crippen LogP contribution < -0.4 is 10.5 Å². The van der Waals surface area contributed by atoms with Crippen molar-refractivity contribution in [2.24, 2.45) is 0 Å². The van der Waals surface area contributed by atoms with Crippen LogP contribution in [-0.2, 0) is 0 Å². The molecule has 0 saturated carbocycles. The summed E-state index contributed by atoms with van der Waals surface area (Å²) < 4.78 is 5.86. The Balaban J connectivity index is 2.36. The lowest BCUT2D eigenvalue weighted by Gasteiger charge is -2.13. The molecule has 0 radical (unpaired) electrons. The van der Waals surface area contributed by atoms with Crippen LogP contribution in [0.4, 0.5) is 5.69 Å². The molecule has 20 heavy (non-hydrogen) atoms. The van der Waals surface area contributed by atoms with E-state index >= 15 is 0 Å². The molecule has 0 fully saturated rings. The maximum absolute atomic E-state index is 11.3. The fourth-order valence-corrected chi connectivity index (χ4v) is 2.43. The number of benzene rings is 2. The summed E-state index contributed by atoms with van der Waals surface area (Å²) >= 11 is 5.99. The Bertz CT molecular complexity index is 657. The predicted octanol–water partition coefficient (Wildman–Crippen LogP) is 4.53. The van der Waals surface area contributed by atoms with Gasteiger partial charge in [-0.25, -0.2) is 0 Å². The van der Waals surface area contributed by atoms with Crippen LogP contribution in [0.15, 0.2) is 30.3 Å². The van der Waals surface area contributed by atoms with E-state index in [2.05, 4.69) is 0 Å². The summed E-state index contributed by atoms with van der Waals surface area (Å²) in [5.41, 5.74) is 8.67. The number of carbonyl (C=O) groups is 1. The summed E-state index contributed by atoms with van der Waals surface area (Å²) in [6.07, 6.45) is 0. The van der Waals surface area contributed by atoms with E-state index in [9.17, 15) is 4.79 Å². The number of aryl methyl sites for hydroxylation is 2. The number of anilines is 1. The van der Waals surface area contributed by atoms with Gasteiger partial charge in [-0.05, 0) is 56.2 Å². The molecular formula is C16H16ClNO2. The van der Waals surface area contributed by atoms with Gasteiger partial charge in [0, 0.05) is 22.3 Å². The zero-order chi connectivity index (χ0) is 14.9. The lowest BCUT2D eigenvalue weighted by atomic mass is 10.1. The minimum atomic E-state index is -0.0621. The maximum atomic E-state index is 11.3. The predicted molar refractivity (Wildman–Crippen MR) is 81.9 cm³/mol. The van der Waals surface area contributed by atoms with Gasteiger partial charge in [0.25, 0.3) is 0 Å². The van der Waals surface area contributed by atoms with E-state index in [1.807, 2.05) is 26.0 Å². The van der Waals surface area contributed by atoms with Gasteiger partial charge >= 0.3 is 0 Å². The Morgan fingerprint density at radius 3 is 2.25 bits per heavy atom. The molecule has 0 atom stereocenters. The summed E-state index contributed by atoms with van der Waals surface area (Å²) in [5.74, 6) is 1.29. The number of nitrogen functional groups attached to an aromatic ring is 1. The van der Waals surface area contributed by atoms with Crippen molar-refractivity contribution in [3.63, 3.8) is 0 Å². The monoisotopic (exact) mass is 289 g/mol. The van der Waals surface area contributed by atoms with Gasteiger partial charge in [-0.1, -0.05) is 11.6 Å². The second kappa shape index (κ2) is 5.55. The van der Waals surface area contributed by atoms with Gasteiger partial charge in [-0.3, -0.25) is 4.79 Å². The number of nitrogens with two attached hydrogens (primary N) is 1. The second-order valence-corrected chi connectivity index (χ2v) is 5.21. The third-order valence-corrected chi connectivity index (χ3v) is 3.27. The second-order valence-electron chi connectivity index (χ2n) is 4.78. The van der Waals surface area contributed by atoms with Gasteiger partial charge in [0.1, 0.15) is 11.5 Å². The quantitative estimate of drug-likeness (QED) is 0.667. The van der Waals surface area contributed by atoms with Crippen molar-refractivity contribution in [3.05, 3.63) is 52.0 Å². The summed E-state index contributed by atoms with van der Waals surface area (Å²) in [6, 6.07) is 8.76. The fraction of sp³-hybridized carbons (Fsp3) is 0.188. The van der Waals surface area contributed by atoms with E-state index in [0.29, 0.717) is 22.0 Å². The molecule has 0 spiro atoms. The normalized spacial score (nSPS) is 10.4. The number of halogens is 1. The molecule has 2 N–H and O–H groups in total. The molecule has 0 amide bonds. The molecule has 0 bridgehead atoms. The Morgan fingerprint density at radius 2 is 1.75 bits per heavy atom. The van der Waals surface area contributed by atoms with Crippen molar-refractivity contribution >= 4 is 23.1 Å². The molecule has 0 aliphatic rings. The largest absolute Gasteiger partial charge is 0.457 e. The summed E-state index contributed by atoms with van der Waals surface area (Å²) in [4.78, 5) is 11.3. The molecule has 2 rings (SSSR count). The molecule has 2 aromatic rings. The zero-order valence-corrected chi connectivity index (χ0v) is 12.4. The Hall–Kier alpha value is -2.00. The number of Topliss-reactive ketones (excluding diaryl/α,β-unsaturated/α-hetero) is 1. The van der Waals surface area contributed by atoms with Gasteiger partial charge in [0.2, 0.25) is 0 Å². The summed E-state index contributed by atoms with van der Waals surface area (Å²) in [7, 11) is 0. The first-order valence-corrected chi connectivity index (χ1v) is 6.61. The zero-order valence-electron chi connectivity index (χ0n) is 11.7. The highest BCUT2D eigenvalue weighted by atomic mass is 35.5. The van der Waals surface area contributed by atoms with Crippen molar-refractivity contribution < 1.29 is 9.53 Å². The highest BCUT2D eigenvalue weighted by molar-refractivity contribution is 6.30. The smallest absolute Gasteiger partial charge is 0.161 e. The first kappa shape index (κ1) is 14.4. The Morgan fingerprint density at radius 1 is 1.15 bits per heavy atom. The van der Waals surface area contributed by atoms with E-state index in [1.54, 1.807) is 18.2 Å². The lowest BCUT2D eigenvalue weighted by molar-refractivity contribution is 0.101. The van der Waals surface area contributed by atoms with Crippen molar-refractivity contribution in [1.29, 1.82) is 0 Å². The maximum Gasteiger partial charge on any atom is 0.161 e. The van der Waals surface area contributed by atoms with E-state index in [4.69, 9.17) is 22.1 Å². The summed E-state index contributed by atoms with van der Waals surface area (Å²) in [6.45, 7) is 5.35. The van der Waals surface area contributed by atoms with E-state index in [0.717, 1.165) is 16.9 Å². The molecule has 0 aliphatic carbocycles. The molecule has 0 unspecified atom stereocenters. The van der Waals surface area contributed by atoms with E-state index in [-0.39, 0.29) is 5.78 Å². The molecule has 3 nitrogen and oxygen atoms in total. The van der Waals surface area contributed by atoms with Crippen LogP contribution in [0.25, 0.3) is 0 Å². The minimum Gasteiger partial charge on any atom is -0.457 e. The van der Waals surface area contributed by atoms with Gasteiger partial charge in [0.15, 0.2) is 5.78 Å². The van der Waals surface area contributed by atoms with Crippen molar-refractivity contribution in [1.82, 2.24) is 0 Å². The van der Waals surface area contributed by atoms with Crippen LogP contribution in [-0.4, -0.2) is 5.78 Å². The number of ketones is 1. The van der Waals surface area contributed by atoms with Crippen molar-refractivity contribution in [2.45, 2.75) is 20.8 Å². The first-order valence-electron chi connectivity index (χ1n) is 6.23. The highest BCUT2D eigenvalue weighted by Gasteiger charge is 2.10. The number of rotatable bonds is 3. The molecule has 0 aromatic heterocycles. The van der Waals surface area contributed by atoms with Crippen LogP contribution >= 0.6 is 11.6 Å². The third kappa shape index (κ3) is 2.94. The Labute approximate surface area is 123 Å². The molecule has 104 valence electrons. The average Bonchev–Trinajstić information content (AvgIpc) is 2.33. The average molecular weight is 290 g/mol. The van der Waals surface area contributed by atoms with Gasteiger partial charge in [0.05, 0.1) is 0 Å². The SMILES string of the molecule is CC(=O)c1ccc(Oc2c(C)cc(Cl)cc2C)cc1N.